The Labute approximate surface area is 143 Å². The van der Waals surface area contributed by atoms with E-state index in [1.54, 1.807) is 12.3 Å². The summed E-state index contributed by atoms with van der Waals surface area (Å²) in [6, 6.07) is 7.73. The van der Waals surface area contributed by atoms with Crippen molar-refractivity contribution in [3.8, 4) is 5.75 Å². The van der Waals surface area contributed by atoms with Gasteiger partial charge in [0, 0.05) is 31.9 Å². The highest BCUT2D eigenvalue weighted by Gasteiger charge is 2.31. The zero-order valence-electron chi connectivity index (χ0n) is 12.7. The van der Waals surface area contributed by atoms with E-state index in [1.807, 2.05) is 12.1 Å². The number of aromatic hydroxyl groups is 1. The normalized spacial score (nSPS) is 10.8. The largest absolute Gasteiger partial charge is 0.507 e. The summed E-state index contributed by atoms with van der Waals surface area (Å²) in [7, 11) is 1.52. The first-order valence-electron chi connectivity index (χ1n) is 6.84. The smallest absolute Gasteiger partial charge is 0.416 e. The molecule has 1 N–H and O–H groups in total. The fourth-order valence-corrected chi connectivity index (χ4v) is 2.02. The van der Waals surface area contributed by atoms with Crippen molar-refractivity contribution in [1.29, 1.82) is 0 Å². The molecule has 0 bridgehead atoms. The number of halogens is 4. The topological polar surface area (TPSA) is 53.4 Å². The minimum Gasteiger partial charge on any atom is -0.507 e. The number of pyridine rings is 1. The second kappa shape index (κ2) is 8.01. The molecule has 1 heterocycles. The van der Waals surface area contributed by atoms with Gasteiger partial charge in [-0.05, 0) is 30.3 Å². The van der Waals surface area contributed by atoms with Crippen molar-refractivity contribution in [2.75, 3.05) is 13.6 Å². The number of likely N-dealkylation sites (N-methyl/N-ethyl adjacent to an activating group) is 1. The quantitative estimate of drug-likeness (QED) is 0.907. The number of carbonyl (C=O) groups is 1. The Bertz CT molecular complexity index is 693. The minimum absolute atomic E-state index is 0. The molecule has 0 aliphatic heterocycles. The van der Waals surface area contributed by atoms with E-state index >= 15 is 0 Å². The van der Waals surface area contributed by atoms with Gasteiger partial charge in [-0.3, -0.25) is 9.78 Å². The highest BCUT2D eigenvalue weighted by atomic mass is 35.5. The van der Waals surface area contributed by atoms with E-state index in [4.69, 9.17) is 0 Å². The van der Waals surface area contributed by atoms with Crippen LogP contribution < -0.4 is 0 Å². The summed E-state index contributed by atoms with van der Waals surface area (Å²) < 4.78 is 37.7. The maximum atomic E-state index is 12.6. The Kier molecular flexibility index (Phi) is 6.60. The molecular formula is C16H16ClF3N2O2. The predicted octanol–water partition coefficient (Wildman–Crippen LogP) is 3.54. The van der Waals surface area contributed by atoms with Crippen molar-refractivity contribution in [3.05, 3.63) is 59.4 Å². The standard InChI is InChI=1S/C16H15F3N2O2.ClH/c1-21(9-7-12-4-2-3-8-20-12)15(23)13-6-5-11(10-14(13)22)16(17,18)19;/h2-6,8,10,22H,7,9H2,1H3;1H. The van der Waals surface area contributed by atoms with Gasteiger partial charge >= 0.3 is 6.18 Å². The Morgan fingerprint density at radius 2 is 1.96 bits per heavy atom. The van der Waals surface area contributed by atoms with Crippen LogP contribution in [0, 0.1) is 0 Å². The van der Waals surface area contributed by atoms with Gasteiger partial charge in [0.2, 0.25) is 0 Å². The molecule has 0 saturated carbocycles. The van der Waals surface area contributed by atoms with Gasteiger partial charge in [0.05, 0.1) is 11.1 Å². The molecule has 0 radical (unpaired) electrons. The van der Waals surface area contributed by atoms with Crippen LogP contribution in [-0.4, -0.2) is 34.5 Å². The molecule has 1 aromatic heterocycles. The van der Waals surface area contributed by atoms with Gasteiger partial charge in [0.25, 0.3) is 5.91 Å². The maximum absolute atomic E-state index is 12.6. The second-order valence-corrected chi connectivity index (χ2v) is 5.03. The van der Waals surface area contributed by atoms with Crippen LogP contribution >= 0.6 is 12.4 Å². The fraction of sp³-hybridized carbons (Fsp3) is 0.250. The molecule has 130 valence electrons. The summed E-state index contributed by atoms with van der Waals surface area (Å²) in [4.78, 5) is 17.7. The first-order chi connectivity index (χ1) is 10.8. The lowest BCUT2D eigenvalue weighted by atomic mass is 10.1. The Hall–Kier alpha value is -2.28. The third-order valence-electron chi connectivity index (χ3n) is 3.33. The molecule has 0 aliphatic rings. The molecule has 0 atom stereocenters. The third kappa shape index (κ3) is 4.86. The van der Waals surface area contributed by atoms with Crippen LogP contribution in [0.25, 0.3) is 0 Å². The SMILES string of the molecule is CN(CCc1ccccn1)C(=O)c1ccc(C(F)(F)F)cc1O.Cl. The van der Waals surface area contributed by atoms with E-state index in [-0.39, 0.29) is 18.0 Å². The molecule has 2 aromatic rings. The molecule has 0 fully saturated rings. The Morgan fingerprint density at radius 1 is 1.25 bits per heavy atom. The molecule has 0 unspecified atom stereocenters. The first kappa shape index (κ1) is 19.8. The molecule has 8 heteroatoms. The lowest BCUT2D eigenvalue weighted by molar-refractivity contribution is -0.137. The van der Waals surface area contributed by atoms with Crippen LogP contribution in [0.2, 0.25) is 0 Å². The van der Waals surface area contributed by atoms with Gasteiger partial charge in [-0.25, -0.2) is 0 Å². The van der Waals surface area contributed by atoms with Crippen molar-refractivity contribution in [2.45, 2.75) is 12.6 Å². The van der Waals surface area contributed by atoms with E-state index < -0.39 is 23.4 Å². The van der Waals surface area contributed by atoms with Crippen LogP contribution in [-0.2, 0) is 12.6 Å². The third-order valence-corrected chi connectivity index (χ3v) is 3.33. The fourth-order valence-electron chi connectivity index (χ4n) is 2.02. The number of benzene rings is 1. The van der Waals surface area contributed by atoms with Crippen molar-refractivity contribution >= 4 is 18.3 Å². The summed E-state index contributed by atoms with van der Waals surface area (Å²) in [6.45, 7) is 0.330. The molecule has 1 amide bonds. The van der Waals surface area contributed by atoms with Crippen LogP contribution in [0.4, 0.5) is 13.2 Å². The zero-order chi connectivity index (χ0) is 17.0. The number of alkyl halides is 3. The average Bonchev–Trinajstić information content (AvgIpc) is 2.52. The van der Waals surface area contributed by atoms with Crippen LogP contribution in [0.15, 0.2) is 42.6 Å². The van der Waals surface area contributed by atoms with Crippen LogP contribution in [0.1, 0.15) is 21.6 Å². The summed E-state index contributed by atoms with van der Waals surface area (Å²) in [6.07, 6.45) is -2.42. The van der Waals surface area contributed by atoms with Gasteiger partial charge in [-0.2, -0.15) is 13.2 Å². The van der Waals surface area contributed by atoms with Gasteiger partial charge in [0.1, 0.15) is 5.75 Å². The lowest BCUT2D eigenvalue weighted by Crippen LogP contribution is -2.29. The molecular weight excluding hydrogens is 345 g/mol. The van der Waals surface area contributed by atoms with Crippen molar-refractivity contribution in [2.24, 2.45) is 0 Å². The number of hydrogen-bond donors (Lipinski definition) is 1. The summed E-state index contributed by atoms with van der Waals surface area (Å²) in [5.41, 5.74) is -0.368. The number of phenols is 1. The Balaban J connectivity index is 0.00000288. The molecule has 2 rings (SSSR count). The number of carbonyl (C=O) groups excluding carboxylic acids is 1. The van der Waals surface area contributed by atoms with E-state index in [0.717, 1.165) is 17.8 Å². The van der Waals surface area contributed by atoms with Gasteiger partial charge in [-0.1, -0.05) is 6.07 Å². The second-order valence-electron chi connectivity index (χ2n) is 5.03. The molecule has 4 nitrogen and oxygen atoms in total. The maximum Gasteiger partial charge on any atom is 0.416 e. The highest BCUT2D eigenvalue weighted by molar-refractivity contribution is 5.96. The summed E-state index contributed by atoms with van der Waals surface area (Å²) in [5.74, 6) is -1.23. The van der Waals surface area contributed by atoms with E-state index in [0.29, 0.717) is 19.0 Å². The number of amides is 1. The van der Waals surface area contributed by atoms with Crippen molar-refractivity contribution < 1.29 is 23.1 Å². The van der Waals surface area contributed by atoms with Gasteiger partial charge in [0.15, 0.2) is 0 Å². The van der Waals surface area contributed by atoms with E-state index in [2.05, 4.69) is 4.98 Å². The van der Waals surface area contributed by atoms with E-state index in [9.17, 15) is 23.1 Å². The van der Waals surface area contributed by atoms with Crippen molar-refractivity contribution in [1.82, 2.24) is 9.88 Å². The molecule has 0 saturated heterocycles. The first-order valence-corrected chi connectivity index (χ1v) is 6.84. The number of phenolic OH excluding ortho intramolecular Hbond substituents is 1. The Morgan fingerprint density at radius 3 is 2.50 bits per heavy atom. The van der Waals surface area contributed by atoms with Gasteiger partial charge < -0.3 is 10.0 Å². The van der Waals surface area contributed by atoms with Crippen molar-refractivity contribution in [3.63, 3.8) is 0 Å². The predicted molar refractivity (Wildman–Crippen MR) is 85.3 cm³/mol. The number of aromatic nitrogens is 1. The van der Waals surface area contributed by atoms with Crippen LogP contribution in [0.5, 0.6) is 5.75 Å². The number of rotatable bonds is 4. The summed E-state index contributed by atoms with van der Waals surface area (Å²) >= 11 is 0. The molecule has 1 aromatic carbocycles. The molecule has 24 heavy (non-hydrogen) atoms. The molecule has 0 aliphatic carbocycles. The van der Waals surface area contributed by atoms with Crippen LogP contribution in [0.3, 0.4) is 0 Å². The zero-order valence-corrected chi connectivity index (χ0v) is 13.6. The number of hydrogen-bond acceptors (Lipinski definition) is 3. The van der Waals surface area contributed by atoms with Gasteiger partial charge in [-0.15, -0.1) is 12.4 Å². The lowest BCUT2D eigenvalue weighted by Gasteiger charge is -2.18. The minimum atomic E-state index is -4.57. The average molecular weight is 361 g/mol. The van der Waals surface area contributed by atoms with E-state index in [1.165, 1.54) is 11.9 Å². The monoisotopic (exact) mass is 360 g/mol. The summed E-state index contributed by atoms with van der Waals surface area (Å²) in [5, 5.41) is 9.70. The molecule has 0 spiro atoms. The highest BCUT2D eigenvalue weighted by Crippen LogP contribution is 2.32. The number of nitrogens with zero attached hydrogens (tertiary/aromatic N) is 2.